The van der Waals surface area contributed by atoms with Gasteiger partial charge in [0.2, 0.25) is 0 Å². The van der Waals surface area contributed by atoms with Gasteiger partial charge in [-0.1, -0.05) is 32.9 Å². The van der Waals surface area contributed by atoms with Crippen LogP contribution in [-0.2, 0) is 0 Å². The van der Waals surface area contributed by atoms with Gasteiger partial charge in [0, 0.05) is 18.7 Å². The predicted molar refractivity (Wildman–Crippen MR) is 77.3 cm³/mol. The summed E-state index contributed by atoms with van der Waals surface area (Å²) >= 11 is 0. The molecule has 20 heavy (non-hydrogen) atoms. The van der Waals surface area contributed by atoms with E-state index >= 15 is 0 Å². The molecule has 1 saturated heterocycles. The van der Waals surface area contributed by atoms with Gasteiger partial charge < -0.3 is 5.73 Å². The number of nitrogens with zero attached hydrogens (tertiary/aromatic N) is 1. The lowest BCUT2D eigenvalue weighted by molar-refractivity contribution is 0.194. The Morgan fingerprint density at radius 2 is 2.05 bits per heavy atom. The molecule has 2 N–H and O–H groups in total. The summed E-state index contributed by atoms with van der Waals surface area (Å²) in [6.45, 7) is 8.75. The van der Waals surface area contributed by atoms with Gasteiger partial charge >= 0.3 is 0 Å². The zero-order valence-electron chi connectivity index (χ0n) is 12.5. The molecule has 1 aliphatic heterocycles. The van der Waals surface area contributed by atoms with Crippen molar-refractivity contribution >= 4 is 0 Å². The Kier molecular flexibility index (Phi) is 4.45. The van der Waals surface area contributed by atoms with Gasteiger partial charge in [0.05, 0.1) is 6.04 Å². The minimum Gasteiger partial charge on any atom is -0.329 e. The number of likely N-dealkylation sites (tertiary alicyclic amines) is 1. The van der Waals surface area contributed by atoms with Crippen LogP contribution in [0.5, 0.6) is 0 Å². The van der Waals surface area contributed by atoms with Gasteiger partial charge in [-0.05, 0) is 30.4 Å². The highest BCUT2D eigenvalue weighted by atomic mass is 19.2. The summed E-state index contributed by atoms with van der Waals surface area (Å²) in [4.78, 5) is 2.19. The Bertz CT molecular complexity index is 468. The van der Waals surface area contributed by atoms with Gasteiger partial charge in [-0.25, -0.2) is 8.78 Å². The van der Waals surface area contributed by atoms with Crippen LogP contribution in [0.2, 0.25) is 0 Å². The maximum atomic E-state index is 14.0. The van der Waals surface area contributed by atoms with Crippen molar-refractivity contribution in [2.75, 3.05) is 19.6 Å². The summed E-state index contributed by atoms with van der Waals surface area (Å²) in [5.41, 5.74) is 6.43. The average Bonchev–Trinajstić information content (AvgIpc) is 2.85. The summed E-state index contributed by atoms with van der Waals surface area (Å²) in [5, 5.41) is 0. The third kappa shape index (κ3) is 3.01. The second-order valence-electron chi connectivity index (χ2n) is 6.74. The molecule has 112 valence electrons. The van der Waals surface area contributed by atoms with Gasteiger partial charge in [-0.2, -0.15) is 0 Å². The predicted octanol–water partition coefficient (Wildman–Crippen LogP) is 3.33. The van der Waals surface area contributed by atoms with Crippen molar-refractivity contribution in [1.29, 1.82) is 0 Å². The van der Waals surface area contributed by atoms with Crippen molar-refractivity contribution < 1.29 is 8.78 Å². The van der Waals surface area contributed by atoms with Crippen molar-refractivity contribution in [2.24, 2.45) is 17.1 Å². The van der Waals surface area contributed by atoms with Crippen LogP contribution in [0, 0.1) is 23.0 Å². The average molecular weight is 282 g/mol. The minimum atomic E-state index is -0.799. The Morgan fingerprint density at radius 3 is 2.60 bits per heavy atom. The molecule has 4 heteroatoms. The van der Waals surface area contributed by atoms with Crippen LogP contribution in [-0.4, -0.2) is 24.5 Å². The van der Waals surface area contributed by atoms with Crippen LogP contribution < -0.4 is 5.73 Å². The zero-order valence-corrected chi connectivity index (χ0v) is 12.5. The lowest BCUT2D eigenvalue weighted by Crippen LogP contribution is -2.34. The molecule has 0 bridgehead atoms. The molecule has 2 rings (SSSR count). The molecular formula is C16H24F2N2. The summed E-state index contributed by atoms with van der Waals surface area (Å²) in [7, 11) is 0. The Labute approximate surface area is 120 Å². The molecule has 0 amide bonds. The van der Waals surface area contributed by atoms with Crippen LogP contribution >= 0.6 is 0 Å². The number of halogens is 2. The Morgan fingerprint density at radius 1 is 1.35 bits per heavy atom. The number of nitrogens with two attached hydrogens (primary N) is 1. The summed E-state index contributed by atoms with van der Waals surface area (Å²) in [5.74, 6) is -0.997. The largest absolute Gasteiger partial charge is 0.329 e. The van der Waals surface area contributed by atoms with Crippen LogP contribution in [0.25, 0.3) is 0 Å². The number of benzene rings is 1. The van der Waals surface area contributed by atoms with Gasteiger partial charge in [0.15, 0.2) is 11.6 Å². The van der Waals surface area contributed by atoms with E-state index in [0.29, 0.717) is 18.0 Å². The van der Waals surface area contributed by atoms with E-state index in [1.54, 1.807) is 12.1 Å². The fraction of sp³-hybridized carbons (Fsp3) is 0.625. The van der Waals surface area contributed by atoms with Gasteiger partial charge in [0.25, 0.3) is 0 Å². The highest BCUT2D eigenvalue weighted by Crippen LogP contribution is 2.37. The molecule has 0 saturated carbocycles. The fourth-order valence-corrected chi connectivity index (χ4v) is 3.03. The fourth-order valence-electron chi connectivity index (χ4n) is 3.03. The Hall–Kier alpha value is -1.00. The lowest BCUT2D eigenvalue weighted by atomic mass is 9.80. The van der Waals surface area contributed by atoms with Crippen molar-refractivity contribution in [2.45, 2.75) is 33.2 Å². The monoisotopic (exact) mass is 282 g/mol. The van der Waals surface area contributed by atoms with Gasteiger partial charge in [-0.3, -0.25) is 4.90 Å². The molecule has 0 aliphatic carbocycles. The third-order valence-corrected chi connectivity index (χ3v) is 4.45. The first kappa shape index (κ1) is 15.4. The first-order chi connectivity index (χ1) is 9.34. The zero-order chi connectivity index (χ0) is 14.9. The van der Waals surface area contributed by atoms with Crippen LogP contribution in [0.15, 0.2) is 18.2 Å². The molecule has 1 aromatic carbocycles. The molecule has 1 fully saturated rings. The molecule has 0 radical (unpaired) electrons. The number of rotatable bonds is 3. The van der Waals surface area contributed by atoms with E-state index in [9.17, 15) is 8.78 Å². The molecule has 0 aromatic heterocycles. The lowest BCUT2D eigenvalue weighted by Gasteiger charge is -2.30. The Balaban J connectivity index is 2.20. The van der Waals surface area contributed by atoms with Crippen molar-refractivity contribution in [1.82, 2.24) is 4.90 Å². The highest BCUT2D eigenvalue weighted by molar-refractivity contribution is 5.23. The maximum Gasteiger partial charge on any atom is 0.163 e. The van der Waals surface area contributed by atoms with Crippen LogP contribution in [0.1, 0.15) is 38.8 Å². The third-order valence-electron chi connectivity index (χ3n) is 4.45. The van der Waals surface area contributed by atoms with Gasteiger partial charge in [0.1, 0.15) is 0 Å². The molecule has 1 heterocycles. The van der Waals surface area contributed by atoms with E-state index in [0.717, 1.165) is 25.6 Å². The van der Waals surface area contributed by atoms with E-state index in [2.05, 4.69) is 25.7 Å². The molecule has 2 atom stereocenters. The van der Waals surface area contributed by atoms with Crippen molar-refractivity contribution in [3.63, 3.8) is 0 Å². The molecule has 1 aliphatic rings. The summed E-state index contributed by atoms with van der Waals surface area (Å²) in [6.07, 6.45) is 1.08. The topological polar surface area (TPSA) is 29.3 Å². The molecular weight excluding hydrogens is 258 g/mol. The normalized spacial score (nSPS) is 22.2. The molecule has 2 unspecified atom stereocenters. The molecule has 1 aromatic rings. The van der Waals surface area contributed by atoms with Crippen LogP contribution in [0.3, 0.4) is 0 Å². The van der Waals surface area contributed by atoms with Crippen molar-refractivity contribution in [3.05, 3.63) is 35.4 Å². The van der Waals surface area contributed by atoms with Crippen molar-refractivity contribution in [3.8, 4) is 0 Å². The molecule has 2 nitrogen and oxygen atoms in total. The molecule has 0 spiro atoms. The van der Waals surface area contributed by atoms with E-state index in [4.69, 9.17) is 5.73 Å². The smallest absolute Gasteiger partial charge is 0.163 e. The first-order valence-electron chi connectivity index (χ1n) is 7.22. The summed E-state index contributed by atoms with van der Waals surface area (Å²) in [6, 6.07) is 4.10. The second-order valence-corrected chi connectivity index (χ2v) is 6.74. The first-order valence-corrected chi connectivity index (χ1v) is 7.22. The van der Waals surface area contributed by atoms with E-state index in [1.165, 1.54) is 0 Å². The number of hydrogen-bond donors (Lipinski definition) is 1. The quantitative estimate of drug-likeness (QED) is 0.921. The second kappa shape index (κ2) is 5.78. The van der Waals surface area contributed by atoms with Gasteiger partial charge in [-0.15, -0.1) is 0 Å². The van der Waals surface area contributed by atoms with E-state index in [1.807, 2.05) is 0 Å². The summed E-state index contributed by atoms with van der Waals surface area (Å²) < 4.78 is 27.4. The maximum absolute atomic E-state index is 14.0. The van der Waals surface area contributed by atoms with Crippen LogP contribution in [0.4, 0.5) is 8.78 Å². The number of hydrogen-bond acceptors (Lipinski definition) is 2. The highest BCUT2D eigenvalue weighted by Gasteiger charge is 2.35. The van der Waals surface area contributed by atoms with E-state index < -0.39 is 11.6 Å². The standard InChI is InChI=1S/C16H24F2N2/c1-16(2,3)11-7-8-20(10-11)14(9-19)12-5-4-6-13(17)15(12)18/h4-6,11,14H,7-10,19H2,1-3H3. The SMILES string of the molecule is CC(C)(C)C1CCN(C(CN)c2cccc(F)c2F)C1. The minimum absolute atomic E-state index is 0.231. The van der Waals surface area contributed by atoms with E-state index in [-0.39, 0.29) is 11.5 Å².